The van der Waals surface area contributed by atoms with Crippen LogP contribution in [0.3, 0.4) is 0 Å². The van der Waals surface area contributed by atoms with E-state index in [2.05, 4.69) is 62.9 Å². The lowest BCUT2D eigenvalue weighted by Gasteiger charge is -2.08. The Hall–Kier alpha value is -1.82. The summed E-state index contributed by atoms with van der Waals surface area (Å²) >= 11 is 0. The van der Waals surface area contributed by atoms with E-state index in [1.807, 2.05) is 6.07 Å². The minimum Gasteiger partial charge on any atom is -0.0955 e. The summed E-state index contributed by atoms with van der Waals surface area (Å²) in [5, 5.41) is 0. The molecule has 0 fully saturated rings. The van der Waals surface area contributed by atoms with Gasteiger partial charge < -0.3 is 0 Å². The van der Waals surface area contributed by atoms with Crippen LogP contribution in [-0.4, -0.2) is 0 Å². The summed E-state index contributed by atoms with van der Waals surface area (Å²) in [6.07, 6.45) is 0. The van der Waals surface area contributed by atoms with Gasteiger partial charge in [-0.2, -0.15) is 0 Å². The van der Waals surface area contributed by atoms with Crippen molar-refractivity contribution in [2.45, 2.75) is 13.8 Å². The van der Waals surface area contributed by atoms with Gasteiger partial charge in [0.15, 0.2) is 0 Å². The van der Waals surface area contributed by atoms with Crippen LogP contribution in [0.5, 0.6) is 0 Å². The first kappa shape index (κ1) is 10.7. The van der Waals surface area contributed by atoms with E-state index < -0.39 is 0 Å². The Morgan fingerprint density at radius 3 is 2.25 bits per heavy atom. The van der Waals surface area contributed by atoms with Gasteiger partial charge in [-0.25, -0.2) is 0 Å². The standard InChI is InChI=1S/C16H16/c1-12(2)16-11-15(10-9-13(16)3)14-7-5-4-6-8-14/h4-11H,1H2,2-3H3. The van der Waals surface area contributed by atoms with Crippen molar-refractivity contribution in [3.8, 4) is 11.1 Å². The van der Waals surface area contributed by atoms with Crippen molar-refractivity contribution in [2.24, 2.45) is 0 Å². The maximum absolute atomic E-state index is 4.02. The molecule has 0 unspecified atom stereocenters. The maximum Gasteiger partial charge on any atom is -0.0178 e. The molecule has 0 nitrogen and oxygen atoms in total. The van der Waals surface area contributed by atoms with Crippen LogP contribution in [0, 0.1) is 6.92 Å². The number of hydrogen-bond acceptors (Lipinski definition) is 0. The minimum atomic E-state index is 1.12. The summed E-state index contributed by atoms with van der Waals surface area (Å²) in [7, 11) is 0. The normalized spacial score (nSPS) is 10.1. The number of rotatable bonds is 2. The van der Waals surface area contributed by atoms with Crippen LogP contribution in [0.4, 0.5) is 0 Å². The highest BCUT2D eigenvalue weighted by molar-refractivity contribution is 5.72. The molecule has 0 spiro atoms. The molecule has 16 heavy (non-hydrogen) atoms. The molecule has 0 saturated heterocycles. The fraction of sp³-hybridized carbons (Fsp3) is 0.125. The van der Waals surface area contributed by atoms with Crippen molar-refractivity contribution in [1.29, 1.82) is 0 Å². The number of aryl methyl sites for hydroxylation is 1. The van der Waals surface area contributed by atoms with Crippen LogP contribution in [0.1, 0.15) is 18.1 Å². The van der Waals surface area contributed by atoms with Crippen LogP contribution in [0.25, 0.3) is 16.7 Å². The second-order valence-corrected chi connectivity index (χ2v) is 4.18. The van der Waals surface area contributed by atoms with E-state index in [0.717, 1.165) is 5.57 Å². The Morgan fingerprint density at radius 2 is 1.62 bits per heavy atom. The molecule has 0 bridgehead atoms. The molecule has 0 aliphatic heterocycles. The molecule has 2 aromatic rings. The van der Waals surface area contributed by atoms with Gasteiger partial charge in [0.25, 0.3) is 0 Å². The Labute approximate surface area is 97.3 Å². The smallest absolute Gasteiger partial charge is 0.0178 e. The largest absolute Gasteiger partial charge is 0.0955 e. The monoisotopic (exact) mass is 208 g/mol. The van der Waals surface area contributed by atoms with Crippen LogP contribution < -0.4 is 0 Å². The molecule has 0 aliphatic rings. The van der Waals surface area contributed by atoms with Crippen LogP contribution >= 0.6 is 0 Å². The Kier molecular flexibility index (Phi) is 2.91. The average molecular weight is 208 g/mol. The number of allylic oxidation sites excluding steroid dienone is 1. The second kappa shape index (κ2) is 4.36. The van der Waals surface area contributed by atoms with Crippen LogP contribution in [-0.2, 0) is 0 Å². The molecule has 0 heterocycles. The topological polar surface area (TPSA) is 0 Å². The fourth-order valence-electron chi connectivity index (χ4n) is 1.89. The van der Waals surface area contributed by atoms with Crippen LogP contribution in [0.2, 0.25) is 0 Å². The molecule has 0 heteroatoms. The van der Waals surface area contributed by atoms with Gasteiger partial charge in [-0.05, 0) is 42.2 Å². The Balaban J connectivity index is 2.52. The van der Waals surface area contributed by atoms with Gasteiger partial charge in [0.05, 0.1) is 0 Å². The molecule has 0 aliphatic carbocycles. The summed E-state index contributed by atoms with van der Waals surface area (Å²) in [6, 6.07) is 17.0. The van der Waals surface area contributed by atoms with E-state index in [9.17, 15) is 0 Å². The predicted molar refractivity (Wildman–Crippen MR) is 71.3 cm³/mol. The summed E-state index contributed by atoms with van der Waals surface area (Å²) in [4.78, 5) is 0. The molecule has 0 aromatic heterocycles. The Bertz CT molecular complexity index is 507. The number of benzene rings is 2. The SMILES string of the molecule is C=C(C)c1cc(-c2ccccc2)ccc1C. The zero-order chi connectivity index (χ0) is 11.5. The second-order valence-electron chi connectivity index (χ2n) is 4.18. The minimum absolute atomic E-state index is 1.12. The lowest BCUT2D eigenvalue weighted by molar-refractivity contribution is 1.41. The highest BCUT2D eigenvalue weighted by Crippen LogP contribution is 2.25. The third-order valence-corrected chi connectivity index (χ3v) is 2.80. The summed E-state index contributed by atoms with van der Waals surface area (Å²) < 4.78 is 0. The first-order valence-electron chi connectivity index (χ1n) is 5.50. The molecule has 2 rings (SSSR count). The molecule has 80 valence electrons. The third-order valence-electron chi connectivity index (χ3n) is 2.80. The molecular formula is C16H16. The van der Waals surface area contributed by atoms with Gasteiger partial charge in [-0.15, -0.1) is 0 Å². The maximum atomic E-state index is 4.02. The van der Waals surface area contributed by atoms with Gasteiger partial charge in [0.1, 0.15) is 0 Å². The Morgan fingerprint density at radius 1 is 0.938 bits per heavy atom. The molecule has 0 radical (unpaired) electrons. The molecule has 0 saturated carbocycles. The zero-order valence-electron chi connectivity index (χ0n) is 9.83. The quantitative estimate of drug-likeness (QED) is 0.671. The average Bonchev–Trinajstić information content (AvgIpc) is 2.30. The molecule has 0 N–H and O–H groups in total. The van der Waals surface area contributed by atoms with E-state index in [1.165, 1.54) is 22.3 Å². The van der Waals surface area contributed by atoms with E-state index in [-0.39, 0.29) is 0 Å². The molecule has 0 atom stereocenters. The summed E-state index contributed by atoms with van der Waals surface area (Å²) in [5.41, 5.74) is 6.16. The van der Waals surface area contributed by atoms with E-state index in [0.29, 0.717) is 0 Å². The lowest BCUT2D eigenvalue weighted by Crippen LogP contribution is -1.86. The van der Waals surface area contributed by atoms with E-state index >= 15 is 0 Å². The van der Waals surface area contributed by atoms with Crippen molar-refractivity contribution < 1.29 is 0 Å². The van der Waals surface area contributed by atoms with E-state index in [1.54, 1.807) is 0 Å². The highest BCUT2D eigenvalue weighted by Gasteiger charge is 2.02. The van der Waals surface area contributed by atoms with Gasteiger partial charge in [0, 0.05) is 0 Å². The van der Waals surface area contributed by atoms with Crippen molar-refractivity contribution >= 4 is 5.57 Å². The zero-order valence-corrected chi connectivity index (χ0v) is 9.83. The summed E-state index contributed by atoms with van der Waals surface area (Å²) in [5.74, 6) is 0. The lowest BCUT2D eigenvalue weighted by atomic mass is 9.97. The van der Waals surface area contributed by atoms with Crippen molar-refractivity contribution in [1.82, 2.24) is 0 Å². The molecular weight excluding hydrogens is 192 g/mol. The summed E-state index contributed by atoms with van der Waals surface area (Å²) in [6.45, 7) is 8.20. The van der Waals surface area contributed by atoms with Gasteiger partial charge >= 0.3 is 0 Å². The van der Waals surface area contributed by atoms with Crippen LogP contribution in [0.15, 0.2) is 55.1 Å². The van der Waals surface area contributed by atoms with Crippen molar-refractivity contribution in [3.05, 3.63) is 66.2 Å². The van der Waals surface area contributed by atoms with Crippen molar-refractivity contribution in [2.75, 3.05) is 0 Å². The molecule has 2 aromatic carbocycles. The van der Waals surface area contributed by atoms with Gasteiger partial charge in [0.2, 0.25) is 0 Å². The molecule has 0 amide bonds. The van der Waals surface area contributed by atoms with Gasteiger partial charge in [-0.3, -0.25) is 0 Å². The highest BCUT2D eigenvalue weighted by atomic mass is 14.1. The fourth-order valence-corrected chi connectivity index (χ4v) is 1.89. The predicted octanol–water partition coefficient (Wildman–Crippen LogP) is 4.70. The van der Waals surface area contributed by atoms with Crippen molar-refractivity contribution in [3.63, 3.8) is 0 Å². The third kappa shape index (κ3) is 2.06. The van der Waals surface area contributed by atoms with E-state index in [4.69, 9.17) is 0 Å². The first-order chi connectivity index (χ1) is 7.68. The first-order valence-corrected chi connectivity index (χ1v) is 5.50. The van der Waals surface area contributed by atoms with Gasteiger partial charge in [-0.1, -0.05) is 54.6 Å². The number of hydrogen-bond donors (Lipinski definition) is 0.